The average Bonchev–Trinajstić information content (AvgIpc) is 3.22. The van der Waals surface area contributed by atoms with Crippen molar-refractivity contribution in [2.24, 2.45) is 7.05 Å². The van der Waals surface area contributed by atoms with E-state index in [0.717, 1.165) is 45.4 Å². The van der Waals surface area contributed by atoms with Crippen LogP contribution in [-0.4, -0.2) is 46.0 Å². The molecular weight excluding hydrogens is 434 g/mol. The van der Waals surface area contributed by atoms with Crippen LogP contribution in [0, 0.1) is 0 Å². The first-order chi connectivity index (χ1) is 15.5. The molecule has 0 bridgehead atoms. The van der Waals surface area contributed by atoms with Gasteiger partial charge in [-0.3, -0.25) is 4.79 Å². The molecule has 1 fully saturated rings. The highest BCUT2D eigenvalue weighted by Gasteiger charge is 2.39. The number of pyridine rings is 1. The van der Waals surface area contributed by atoms with E-state index in [9.17, 15) is 4.79 Å². The van der Waals surface area contributed by atoms with E-state index in [-0.39, 0.29) is 16.6 Å². The molecule has 0 radical (unpaired) electrons. The highest BCUT2D eigenvalue weighted by atomic mass is 32.1. The number of hydrogen-bond acceptors (Lipinski definition) is 7. The second kappa shape index (κ2) is 8.57. The summed E-state index contributed by atoms with van der Waals surface area (Å²) >= 11 is 1.58. The summed E-state index contributed by atoms with van der Waals surface area (Å²) in [6.07, 6.45) is 3.91. The fraction of sp³-hybridized carbons (Fsp3) is 0.480. The number of anilines is 1. The molecule has 176 valence electrons. The number of benzene rings is 1. The molecule has 0 saturated carbocycles. The topological polar surface area (TPSA) is 72.3 Å². The van der Waals surface area contributed by atoms with Gasteiger partial charge >= 0.3 is 0 Å². The van der Waals surface area contributed by atoms with Crippen molar-refractivity contribution in [3.05, 3.63) is 46.9 Å². The van der Waals surface area contributed by atoms with Gasteiger partial charge in [-0.2, -0.15) is 0 Å². The summed E-state index contributed by atoms with van der Waals surface area (Å²) in [6, 6.07) is 9.81. The second-order valence-electron chi connectivity index (χ2n) is 10.2. The van der Waals surface area contributed by atoms with E-state index in [2.05, 4.69) is 55.2 Å². The lowest BCUT2D eigenvalue weighted by Crippen LogP contribution is -2.61. The smallest absolute Gasteiger partial charge is 0.250 e. The molecule has 0 spiro atoms. The van der Waals surface area contributed by atoms with E-state index in [1.165, 1.54) is 0 Å². The van der Waals surface area contributed by atoms with E-state index in [0.29, 0.717) is 6.04 Å². The zero-order valence-electron chi connectivity index (χ0n) is 20.5. The van der Waals surface area contributed by atoms with Gasteiger partial charge in [-0.05, 0) is 69.9 Å². The zero-order valence-corrected chi connectivity index (χ0v) is 21.3. The number of aromatic nitrogens is 3. The molecule has 0 amide bonds. The Labute approximate surface area is 199 Å². The van der Waals surface area contributed by atoms with Gasteiger partial charge in [-0.1, -0.05) is 17.4 Å². The summed E-state index contributed by atoms with van der Waals surface area (Å²) in [7, 11) is 5.53. The molecule has 8 heteroatoms. The van der Waals surface area contributed by atoms with Crippen LogP contribution >= 0.6 is 11.3 Å². The zero-order chi connectivity index (χ0) is 24.0. The van der Waals surface area contributed by atoms with Crippen molar-refractivity contribution in [2.45, 2.75) is 57.7 Å². The number of ether oxygens (including phenoxy) is 1. The van der Waals surface area contributed by atoms with Crippen molar-refractivity contribution in [1.82, 2.24) is 20.1 Å². The highest BCUT2D eigenvalue weighted by molar-refractivity contribution is 7.18. The third-order valence-electron chi connectivity index (χ3n) is 6.28. The SMILES string of the molecule is COc1cc(-c2ccc(=O)n(C)c2)ccc1-c1nnc(N(C)C2CC(C)(C)NC(C)(C)C2)s1. The van der Waals surface area contributed by atoms with E-state index in [1.54, 1.807) is 36.1 Å². The number of piperidine rings is 1. The van der Waals surface area contributed by atoms with Crippen molar-refractivity contribution in [1.29, 1.82) is 0 Å². The molecule has 2 aromatic heterocycles. The molecule has 7 nitrogen and oxygen atoms in total. The Balaban J connectivity index is 1.61. The van der Waals surface area contributed by atoms with Crippen LogP contribution in [0.15, 0.2) is 41.3 Å². The second-order valence-corrected chi connectivity index (χ2v) is 11.2. The molecule has 4 rings (SSSR count). The summed E-state index contributed by atoms with van der Waals surface area (Å²) in [5, 5.41) is 14.5. The predicted octanol–water partition coefficient (Wildman–Crippen LogP) is 4.32. The molecule has 0 aliphatic carbocycles. The average molecular weight is 468 g/mol. The summed E-state index contributed by atoms with van der Waals surface area (Å²) < 4.78 is 7.28. The molecular formula is C25H33N5O2S. The van der Waals surface area contributed by atoms with Crippen LogP contribution in [0.1, 0.15) is 40.5 Å². The number of rotatable bonds is 5. The normalized spacial score (nSPS) is 17.7. The Morgan fingerprint density at radius 3 is 2.39 bits per heavy atom. The van der Waals surface area contributed by atoms with Gasteiger partial charge in [0.15, 0.2) is 5.01 Å². The fourth-order valence-corrected chi connectivity index (χ4v) is 5.89. The summed E-state index contributed by atoms with van der Waals surface area (Å²) in [5.41, 5.74) is 2.94. The first kappa shape index (κ1) is 23.4. The molecule has 1 aliphatic heterocycles. The molecule has 0 atom stereocenters. The number of nitrogens with zero attached hydrogens (tertiary/aromatic N) is 4. The van der Waals surface area contributed by atoms with Gasteiger partial charge < -0.3 is 19.5 Å². The maximum Gasteiger partial charge on any atom is 0.250 e. The molecule has 33 heavy (non-hydrogen) atoms. The lowest BCUT2D eigenvalue weighted by atomic mass is 9.79. The first-order valence-corrected chi connectivity index (χ1v) is 12.0. The van der Waals surface area contributed by atoms with Crippen molar-refractivity contribution in [3.8, 4) is 27.4 Å². The van der Waals surface area contributed by atoms with E-state index in [1.807, 2.05) is 30.5 Å². The lowest BCUT2D eigenvalue weighted by molar-refractivity contribution is 0.161. The standard InChI is InChI=1S/C25H33N5O2S/c1-24(2)13-18(14-25(3,4)28-24)30(6)23-27-26-22(33-23)19-10-8-16(12-20(19)32-7)17-9-11-21(31)29(5)15-17/h8-12,15,18,28H,13-14H2,1-7H3. The Kier molecular flexibility index (Phi) is 6.09. The number of methoxy groups -OCH3 is 1. The van der Waals surface area contributed by atoms with Gasteiger partial charge in [0.2, 0.25) is 10.7 Å². The van der Waals surface area contributed by atoms with Crippen molar-refractivity contribution >= 4 is 16.5 Å². The summed E-state index contributed by atoms with van der Waals surface area (Å²) in [5.74, 6) is 0.732. The number of aryl methyl sites for hydroxylation is 1. The van der Waals surface area contributed by atoms with Crippen molar-refractivity contribution in [3.63, 3.8) is 0 Å². The minimum absolute atomic E-state index is 0.0339. The van der Waals surface area contributed by atoms with Crippen LogP contribution in [-0.2, 0) is 7.05 Å². The third kappa shape index (κ3) is 4.96. The van der Waals surface area contributed by atoms with E-state index >= 15 is 0 Å². The van der Waals surface area contributed by atoms with Crippen LogP contribution in [0.4, 0.5) is 5.13 Å². The van der Waals surface area contributed by atoms with Gasteiger partial charge in [0, 0.05) is 43.5 Å². The van der Waals surface area contributed by atoms with Crippen molar-refractivity contribution in [2.75, 3.05) is 19.1 Å². The molecule has 1 saturated heterocycles. The van der Waals surface area contributed by atoms with Crippen LogP contribution in [0.2, 0.25) is 0 Å². The first-order valence-electron chi connectivity index (χ1n) is 11.2. The highest BCUT2D eigenvalue weighted by Crippen LogP contribution is 2.39. The lowest BCUT2D eigenvalue weighted by Gasteiger charge is -2.48. The minimum atomic E-state index is -0.0339. The Morgan fingerprint density at radius 2 is 1.76 bits per heavy atom. The maximum absolute atomic E-state index is 11.7. The van der Waals surface area contributed by atoms with Gasteiger partial charge in [0.1, 0.15) is 5.75 Å². The monoisotopic (exact) mass is 467 g/mol. The van der Waals surface area contributed by atoms with Gasteiger partial charge in [0.25, 0.3) is 0 Å². The molecule has 3 heterocycles. The number of hydrogen-bond donors (Lipinski definition) is 1. The molecule has 1 aliphatic rings. The molecule has 1 N–H and O–H groups in total. The molecule has 3 aromatic rings. The Morgan fingerprint density at radius 1 is 1.09 bits per heavy atom. The largest absolute Gasteiger partial charge is 0.496 e. The van der Waals surface area contributed by atoms with Gasteiger partial charge in [-0.15, -0.1) is 10.2 Å². The van der Waals surface area contributed by atoms with Gasteiger partial charge in [0.05, 0.1) is 12.7 Å². The third-order valence-corrected chi connectivity index (χ3v) is 7.33. The van der Waals surface area contributed by atoms with E-state index < -0.39 is 0 Å². The van der Waals surface area contributed by atoms with E-state index in [4.69, 9.17) is 4.74 Å². The minimum Gasteiger partial charge on any atom is -0.496 e. The Bertz CT molecular complexity index is 1200. The van der Waals surface area contributed by atoms with Gasteiger partial charge in [-0.25, -0.2) is 0 Å². The molecule has 0 unspecified atom stereocenters. The molecule has 1 aromatic carbocycles. The van der Waals surface area contributed by atoms with Crippen LogP contribution < -0.4 is 20.5 Å². The van der Waals surface area contributed by atoms with Crippen LogP contribution in [0.5, 0.6) is 5.75 Å². The summed E-state index contributed by atoms with van der Waals surface area (Å²) in [4.78, 5) is 14.0. The van der Waals surface area contributed by atoms with Crippen LogP contribution in [0.25, 0.3) is 21.7 Å². The van der Waals surface area contributed by atoms with Crippen LogP contribution in [0.3, 0.4) is 0 Å². The number of nitrogens with one attached hydrogen (secondary N) is 1. The predicted molar refractivity (Wildman–Crippen MR) is 135 cm³/mol. The quantitative estimate of drug-likeness (QED) is 0.602. The fourth-order valence-electron chi connectivity index (χ4n) is 4.98. The summed E-state index contributed by atoms with van der Waals surface area (Å²) in [6.45, 7) is 9.04. The van der Waals surface area contributed by atoms with Crippen molar-refractivity contribution < 1.29 is 4.74 Å². The Hall–Kier alpha value is -2.71. The maximum atomic E-state index is 11.7.